The van der Waals surface area contributed by atoms with Gasteiger partial charge in [-0.1, -0.05) is 17.7 Å². The van der Waals surface area contributed by atoms with Crippen LogP contribution in [-0.2, 0) is 14.4 Å². The van der Waals surface area contributed by atoms with Gasteiger partial charge in [0.25, 0.3) is 0 Å². The third kappa shape index (κ3) is 3.11. The molecule has 2 aliphatic rings. The van der Waals surface area contributed by atoms with Crippen LogP contribution in [0.5, 0.6) is 0 Å². The van der Waals surface area contributed by atoms with Gasteiger partial charge in [-0.3, -0.25) is 0 Å². The number of thioether (sulfide) groups is 1. The molecule has 0 unspecified atom stereocenters. The third-order valence-electron chi connectivity index (χ3n) is 3.62. The van der Waals surface area contributed by atoms with E-state index in [0.717, 1.165) is 30.8 Å². The zero-order valence-electron chi connectivity index (χ0n) is 12.1. The summed E-state index contributed by atoms with van der Waals surface area (Å²) < 4.78 is 30.0. The normalized spacial score (nSPS) is 20.0. The van der Waals surface area contributed by atoms with Gasteiger partial charge in [-0.25, -0.2) is 5.06 Å². The van der Waals surface area contributed by atoms with E-state index in [-0.39, 0.29) is 4.90 Å². The lowest BCUT2D eigenvalue weighted by Gasteiger charge is -2.26. The first-order valence-electron chi connectivity index (χ1n) is 6.78. The molecule has 0 N–H and O–H groups in total. The highest BCUT2D eigenvalue weighted by atomic mass is 32.2. The third-order valence-corrected chi connectivity index (χ3v) is 5.92. The Labute approximate surface area is 129 Å². The Kier molecular flexibility index (Phi) is 4.00. The molecule has 21 heavy (non-hydrogen) atoms. The zero-order chi connectivity index (χ0) is 15.0. The average molecular weight is 326 g/mol. The molecular weight excluding hydrogens is 308 g/mol. The van der Waals surface area contributed by atoms with Crippen LogP contribution in [0.25, 0.3) is 0 Å². The van der Waals surface area contributed by atoms with Crippen LogP contribution in [0.2, 0.25) is 0 Å². The van der Waals surface area contributed by atoms with Crippen molar-refractivity contribution in [2.75, 3.05) is 26.0 Å². The minimum absolute atomic E-state index is 0.195. The molecule has 0 fully saturated rings. The quantitative estimate of drug-likeness (QED) is 0.848. The molecule has 0 radical (unpaired) electrons. The first-order valence-corrected chi connectivity index (χ1v) is 9.17. The summed E-state index contributed by atoms with van der Waals surface area (Å²) in [6.45, 7) is 3.71. The molecule has 114 valence electrons. The van der Waals surface area contributed by atoms with Crippen LogP contribution in [-0.4, -0.2) is 44.4 Å². The van der Waals surface area contributed by atoms with E-state index in [1.54, 1.807) is 36.0 Å². The molecule has 0 amide bonds. The number of hydrogen-bond donors (Lipinski definition) is 0. The maximum absolute atomic E-state index is 12.3. The van der Waals surface area contributed by atoms with Gasteiger partial charge in [0.05, 0.1) is 16.5 Å². The minimum Gasteiger partial charge on any atom is -0.301 e. The molecule has 0 saturated heterocycles. The van der Waals surface area contributed by atoms with Crippen LogP contribution in [0, 0.1) is 6.92 Å². The molecule has 1 aromatic rings. The van der Waals surface area contributed by atoms with Gasteiger partial charge >= 0.3 is 10.1 Å². The van der Waals surface area contributed by atoms with E-state index in [2.05, 4.69) is 11.9 Å². The summed E-state index contributed by atoms with van der Waals surface area (Å²) in [5.41, 5.74) is 2.03. The lowest BCUT2D eigenvalue weighted by Crippen LogP contribution is -2.31. The molecule has 7 heteroatoms. The van der Waals surface area contributed by atoms with Crippen LogP contribution in [0.3, 0.4) is 0 Å². The molecule has 2 heterocycles. The van der Waals surface area contributed by atoms with Crippen molar-refractivity contribution in [1.82, 2.24) is 9.96 Å². The van der Waals surface area contributed by atoms with Gasteiger partial charge in [0, 0.05) is 24.4 Å². The fourth-order valence-corrected chi connectivity index (χ4v) is 4.56. The van der Waals surface area contributed by atoms with E-state index in [9.17, 15) is 8.42 Å². The summed E-state index contributed by atoms with van der Waals surface area (Å²) >= 11 is 1.65. The molecule has 5 nitrogen and oxygen atoms in total. The Hall–Kier alpha value is -1.02. The lowest BCUT2D eigenvalue weighted by molar-refractivity contribution is 0.00283. The van der Waals surface area contributed by atoms with Crippen molar-refractivity contribution < 1.29 is 12.7 Å². The molecule has 1 aromatic carbocycles. The predicted molar refractivity (Wildman–Crippen MR) is 82.9 cm³/mol. The van der Waals surface area contributed by atoms with E-state index >= 15 is 0 Å². The number of likely N-dealkylation sites (N-methyl/N-ethyl adjacent to an activating group) is 1. The second-order valence-electron chi connectivity index (χ2n) is 5.35. The van der Waals surface area contributed by atoms with Crippen LogP contribution in [0.1, 0.15) is 12.0 Å². The zero-order valence-corrected chi connectivity index (χ0v) is 13.7. The number of rotatable bonds is 3. The highest BCUT2D eigenvalue weighted by Gasteiger charge is 2.31. The monoisotopic (exact) mass is 326 g/mol. The molecule has 2 aliphatic heterocycles. The van der Waals surface area contributed by atoms with Crippen molar-refractivity contribution in [3.8, 4) is 0 Å². The Morgan fingerprint density at radius 1 is 1.24 bits per heavy atom. The van der Waals surface area contributed by atoms with Crippen molar-refractivity contribution >= 4 is 21.9 Å². The Bertz CT molecular complexity index is 668. The molecule has 0 bridgehead atoms. The largest absolute Gasteiger partial charge is 0.317 e. The fraction of sp³-hybridized carbons (Fsp3) is 0.429. The topological polar surface area (TPSA) is 49.9 Å². The molecule has 0 saturated carbocycles. The number of aryl methyl sites for hydroxylation is 1. The Balaban J connectivity index is 1.79. The van der Waals surface area contributed by atoms with Gasteiger partial charge < -0.3 is 4.90 Å². The van der Waals surface area contributed by atoms with Crippen molar-refractivity contribution in [1.29, 1.82) is 0 Å². The average Bonchev–Trinajstić information content (AvgIpc) is 2.81. The second kappa shape index (κ2) is 5.64. The van der Waals surface area contributed by atoms with E-state index < -0.39 is 10.1 Å². The van der Waals surface area contributed by atoms with Crippen molar-refractivity contribution in [2.45, 2.75) is 18.2 Å². The summed E-state index contributed by atoms with van der Waals surface area (Å²) in [7, 11) is -1.69. The summed E-state index contributed by atoms with van der Waals surface area (Å²) in [6.07, 6.45) is 0.822. The van der Waals surface area contributed by atoms with Crippen LogP contribution in [0.15, 0.2) is 39.8 Å². The van der Waals surface area contributed by atoms with E-state index in [0.29, 0.717) is 5.88 Å². The summed E-state index contributed by atoms with van der Waals surface area (Å²) in [5.74, 6) is 0.531. The Morgan fingerprint density at radius 3 is 2.67 bits per heavy atom. The number of nitrogens with zero attached hydrogens (tertiary/aromatic N) is 2. The maximum atomic E-state index is 12.3. The van der Waals surface area contributed by atoms with Gasteiger partial charge in [0.15, 0.2) is 0 Å². The molecule has 0 aromatic heterocycles. The molecule has 0 aliphatic carbocycles. The Morgan fingerprint density at radius 2 is 1.95 bits per heavy atom. The van der Waals surface area contributed by atoms with E-state index in [1.807, 2.05) is 6.92 Å². The predicted octanol–water partition coefficient (Wildman–Crippen LogP) is 2.17. The minimum atomic E-state index is -3.76. The van der Waals surface area contributed by atoms with E-state index in [1.165, 1.54) is 9.97 Å². The molecule has 0 spiro atoms. The highest BCUT2D eigenvalue weighted by Crippen LogP contribution is 2.37. The first-order chi connectivity index (χ1) is 9.95. The number of benzene rings is 1. The highest BCUT2D eigenvalue weighted by molar-refractivity contribution is 8.03. The first kappa shape index (κ1) is 14.9. The standard InChI is InChI=1S/C14H18N2O3S2/c1-11-3-5-12(6-4-11)21(17,18)19-16-10-20-14-9-15(2)8-7-13(14)16/h3-6H,7-10H2,1-2H3. The summed E-state index contributed by atoms with van der Waals surface area (Å²) in [4.78, 5) is 3.63. The van der Waals surface area contributed by atoms with Gasteiger partial charge in [-0.15, -0.1) is 16.0 Å². The van der Waals surface area contributed by atoms with Crippen molar-refractivity contribution in [3.05, 3.63) is 40.4 Å². The van der Waals surface area contributed by atoms with E-state index in [4.69, 9.17) is 4.28 Å². The lowest BCUT2D eigenvalue weighted by atomic mass is 10.2. The van der Waals surface area contributed by atoms with Crippen LogP contribution >= 0.6 is 11.8 Å². The molecular formula is C14H18N2O3S2. The van der Waals surface area contributed by atoms with Gasteiger partial charge in [0.1, 0.15) is 0 Å². The van der Waals surface area contributed by atoms with Gasteiger partial charge in [-0.2, -0.15) is 8.42 Å². The smallest absolute Gasteiger partial charge is 0.301 e. The van der Waals surface area contributed by atoms with Crippen molar-refractivity contribution in [3.63, 3.8) is 0 Å². The fourth-order valence-electron chi connectivity index (χ4n) is 2.39. The SMILES string of the molecule is Cc1ccc(S(=O)(=O)ON2CSC3=C2CCN(C)C3)cc1. The summed E-state index contributed by atoms with van der Waals surface area (Å²) in [5, 5.41) is 1.53. The van der Waals surface area contributed by atoms with Gasteiger partial charge in [0.2, 0.25) is 0 Å². The van der Waals surface area contributed by atoms with Crippen LogP contribution < -0.4 is 0 Å². The number of hydroxylamine groups is 2. The molecule has 3 rings (SSSR count). The van der Waals surface area contributed by atoms with Crippen LogP contribution in [0.4, 0.5) is 0 Å². The maximum Gasteiger partial charge on any atom is 0.317 e. The second-order valence-corrected chi connectivity index (χ2v) is 7.92. The van der Waals surface area contributed by atoms with Crippen molar-refractivity contribution in [2.24, 2.45) is 0 Å². The van der Waals surface area contributed by atoms with Gasteiger partial charge in [-0.05, 0) is 26.1 Å². The molecule has 0 atom stereocenters. The summed E-state index contributed by atoms with van der Waals surface area (Å²) in [6, 6.07) is 6.71. The number of hydrogen-bond acceptors (Lipinski definition) is 6.